The molecule has 0 saturated heterocycles. The predicted molar refractivity (Wildman–Crippen MR) is 99.5 cm³/mol. The molecule has 2 heterocycles. The van der Waals surface area contributed by atoms with Crippen molar-refractivity contribution >= 4 is 21.6 Å². The summed E-state index contributed by atoms with van der Waals surface area (Å²) in [6.07, 6.45) is 1.53. The Morgan fingerprint density at radius 2 is 1.96 bits per heavy atom. The van der Waals surface area contributed by atoms with Crippen LogP contribution in [0.4, 0.5) is 5.69 Å². The van der Waals surface area contributed by atoms with Gasteiger partial charge in [-0.15, -0.1) is 0 Å². The second-order valence-electron chi connectivity index (χ2n) is 6.66. The number of rotatable bonds is 4. The van der Waals surface area contributed by atoms with Crippen molar-refractivity contribution in [2.75, 3.05) is 25.1 Å². The van der Waals surface area contributed by atoms with Gasteiger partial charge in [-0.25, -0.2) is 13.1 Å². The lowest BCUT2D eigenvalue weighted by Crippen LogP contribution is -2.31. The fraction of sp³-hybridized carbons (Fsp3) is 0.316. The Hall–Kier alpha value is -2.58. The van der Waals surface area contributed by atoms with Gasteiger partial charge in [0, 0.05) is 6.54 Å². The minimum atomic E-state index is -3.70. The highest BCUT2D eigenvalue weighted by Crippen LogP contribution is 2.30. The van der Waals surface area contributed by atoms with Crippen LogP contribution >= 0.6 is 0 Å². The number of hydrogen-bond acceptors (Lipinski definition) is 5. The van der Waals surface area contributed by atoms with Crippen molar-refractivity contribution in [3.05, 3.63) is 48.0 Å². The molecule has 2 aliphatic rings. The van der Waals surface area contributed by atoms with Crippen LogP contribution in [0, 0.1) is 5.92 Å². The Balaban J connectivity index is 1.46. The average molecular weight is 388 g/mol. The number of para-hydroxylation sites is 1. The van der Waals surface area contributed by atoms with Gasteiger partial charge in [0.05, 0.1) is 17.2 Å². The van der Waals surface area contributed by atoms with Gasteiger partial charge in [-0.1, -0.05) is 18.2 Å². The average Bonchev–Trinajstić information content (AvgIpc) is 2.88. The highest BCUT2D eigenvalue weighted by Gasteiger charge is 2.23. The topological polar surface area (TPSA) is 93.7 Å². The van der Waals surface area contributed by atoms with Crippen LogP contribution in [-0.4, -0.2) is 34.1 Å². The lowest BCUT2D eigenvalue weighted by molar-refractivity contribution is -0.118. The first-order valence-corrected chi connectivity index (χ1v) is 10.3. The van der Waals surface area contributed by atoms with E-state index in [-0.39, 0.29) is 23.3 Å². The van der Waals surface area contributed by atoms with Crippen LogP contribution in [0.1, 0.15) is 12.0 Å². The van der Waals surface area contributed by atoms with Crippen LogP contribution in [0.3, 0.4) is 0 Å². The summed E-state index contributed by atoms with van der Waals surface area (Å²) in [7, 11) is -3.70. The molecule has 0 saturated carbocycles. The maximum atomic E-state index is 12.7. The van der Waals surface area contributed by atoms with Gasteiger partial charge in [0.25, 0.3) is 5.91 Å². The fourth-order valence-corrected chi connectivity index (χ4v) is 4.42. The normalized spacial score (nSPS) is 19.0. The van der Waals surface area contributed by atoms with Gasteiger partial charge >= 0.3 is 0 Å². The van der Waals surface area contributed by atoms with E-state index in [9.17, 15) is 13.2 Å². The van der Waals surface area contributed by atoms with Crippen molar-refractivity contribution in [2.24, 2.45) is 5.92 Å². The molecule has 7 nitrogen and oxygen atoms in total. The minimum Gasteiger partial charge on any atom is -0.493 e. The van der Waals surface area contributed by atoms with Gasteiger partial charge in [-0.05, 0) is 48.6 Å². The van der Waals surface area contributed by atoms with E-state index in [4.69, 9.17) is 9.47 Å². The van der Waals surface area contributed by atoms with Crippen LogP contribution in [0.25, 0.3) is 0 Å². The SMILES string of the molecule is O=C1COc2ccc(S(=O)(=O)NC[C@@H]3CCOc4ccccc4C3)cc2N1. The zero-order valence-corrected chi connectivity index (χ0v) is 15.4. The number of nitrogens with one attached hydrogen (secondary N) is 2. The molecule has 2 aromatic rings. The molecule has 0 radical (unpaired) electrons. The second kappa shape index (κ2) is 7.21. The molecule has 0 bridgehead atoms. The van der Waals surface area contributed by atoms with Crippen LogP contribution in [0.15, 0.2) is 47.4 Å². The van der Waals surface area contributed by atoms with Crippen molar-refractivity contribution in [3.8, 4) is 11.5 Å². The van der Waals surface area contributed by atoms with Crippen molar-refractivity contribution in [1.29, 1.82) is 0 Å². The van der Waals surface area contributed by atoms with Crippen LogP contribution in [-0.2, 0) is 21.2 Å². The fourth-order valence-electron chi connectivity index (χ4n) is 3.28. The summed E-state index contributed by atoms with van der Waals surface area (Å²) in [4.78, 5) is 11.5. The zero-order chi connectivity index (χ0) is 18.9. The van der Waals surface area contributed by atoms with E-state index < -0.39 is 10.0 Å². The summed E-state index contributed by atoms with van der Waals surface area (Å²) in [5.74, 6) is 1.17. The Morgan fingerprint density at radius 1 is 1.11 bits per heavy atom. The molecule has 2 aliphatic heterocycles. The summed E-state index contributed by atoms with van der Waals surface area (Å²) in [6, 6.07) is 12.3. The Bertz CT molecular complexity index is 974. The van der Waals surface area contributed by atoms with E-state index in [0.29, 0.717) is 24.6 Å². The van der Waals surface area contributed by atoms with E-state index >= 15 is 0 Å². The second-order valence-corrected chi connectivity index (χ2v) is 8.43. The van der Waals surface area contributed by atoms with E-state index in [2.05, 4.69) is 10.0 Å². The number of sulfonamides is 1. The number of amides is 1. The number of carbonyl (C=O) groups is 1. The third-order valence-electron chi connectivity index (χ3n) is 4.72. The van der Waals surface area contributed by atoms with Gasteiger partial charge in [0.2, 0.25) is 10.0 Å². The molecule has 0 aromatic heterocycles. The highest BCUT2D eigenvalue weighted by atomic mass is 32.2. The molecule has 4 rings (SSSR count). The lowest BCUT2D eigenvalue weighted by atomic mass is 9.97. The van der Waals surface area contributed by atoms with E-state index in [1.54, 1.807) is 6.07 Å². The van der Waals surface area contributed by atoms with Gasteiger partial charge in [0.15, 0.2) is 6.61 Å². The monoisotopic (exact) mass is 388 g/mol. The molecule has 0 fully saturated rings. The van der Waals surface area contributed by atoms with E-state index in [1.807, 2.05) is 24.3 Å². The third-order valence-corrected chi connectivity index (χ3v) is 6.14. The molecule has 2 aromatic carbocycles. The predicted octanol–water partition coefficient (Wildman–Crippen LogP) is 1.94. The molecular weight excluding hydrogens is 368 g/mol. The molecule has 1 amide bonds. The highest BCUT2D eigenvalue weighted by molar-refractivity contribution is 7.89. The smallest absolute Gasteiger partial charge is 0.262 e. The third kappa shape index (κ3) is 3.91. The largest absolute Gasteiger partial charge is 0.493 e. The number of benzene rings is 2. The van der Waals surface area contributed by atoms with E-state index in [0.717, 1.165) is 24.2 Å². The standard InChI is InChI=1S/C19H20N2O5S/c22-19-12-26-18-6-5-15(10-16(18)21-19)27(23,24)20-11-13-7-8-25-17-4-2-1-3-14(17)9-13/h1-6,10,13,20H,7-9,11-12H2,(H,21,22)/t13-/m1/s1. The van der Waals surface area contributed by atoms with Crippen LogP contribution in [0.2, 0.25) is 0 Å². The molecule has 0 aliphatic carbocycles. The molecule has 8 heteroatoms. The molecule has 2 N–H and O–H groups in total. The first kappa shape index (κ1) is 17.8. The number of fused-ring (bicyclic) bond motifs is 2. The van der Waals surface area contributed by atoms with Crippen molar-refractivity contribution in [2.45, 2.75) is 17.7 Å². The minimum absolute atomic E-state index is 0.0669. The first-order chi connectivity index (χ1) is 13.0. The summed E-state index contributed by atoms with van der Waals surface area (Å²) < 4.78 is 39.0. The Labute approximate surface area is 157 Å². The van der Waals surface area contributed by atoms with Crippen molar-refractivity contribution < 1.29 is 22.7 Å². The Morgan fingerprint density at radius 3 is 2.85 bits per heavy atom. The van der Waals surface area contributed by atoms with Crippen molar-refractivity contribution in [3.63, 3.8) is 0 Å². The molecule has 27 heavy (non-hydrogen) atoms. The molecular formula is C19H20N2O5S. The van der Waals surface area contributed by atoms with Gasteiger partial charge in [-0.3, -0.25) is 4.79 Å². The molecule has 0 spiro atoms. The Kier molecular flexibility index (Phi) is 4.75. The quantitative estimate of drug-likeness (QED) is 0.835. The van der Waals surface area contributed by atoms with Gasteiger partial charge in [-0.2, -0.15) is 0 Å². The van der Waals surface area contributed by atoms with Gasteiger partial charge < -0.3 is 14.8 Å². The summed E-state index contributed by atoms with van der Waals surface area (Å²) in [6.45, 7) is 0.814. The molecule has 1 atom stereocenters. The maximum absolute atomic E-state index is 12.7. The number of hydrogen-bond donors (Lipinski definition) is 2. The summed E-state index contributed by atoms with van der Waals surface area (Å²) in [5.41, 5.74) is 1.46. The first-order valence-electron chi connectivity index (χ1n) is 8.78. The zero-order valence-electron chi connectivity index (χ0n) is 14.6. The summed E-state index contributed by atoms with van der Waals surface area (Å²) in [5, 5.41) is 2.62. The lowest BCUT2D eigenvalue weighted by Gasteiger charge is -2.19. The molecule has 142 valence electrons. The van der Waals surface area contributed by atoms with Crippen molar-refractivity contribution in [1.82, 2.24) is 4.72 Å². The number of carbonyl (C=O) groups excluding carboxylic acids is 1. The molecule has 0 unspecified atom stereocenters. The maximum Gasteiger partial charge on any atom is 0.262 e. The number of ether oxygens (including phenoxy) is 2. The van der Waals surface area contributed by atoms with E-state index in [1.165, 1.54) is 12.1 Å². The number of anilines is 1. The van der Waals surface area contributed by atoms with Gasteiger partial charge in [0.1, 0.15) is 11.5 Å². The van der Waals surface area contributed by atoms with Crippen LogP contribution in [0.5, 0.6) is 11.5 Å². The summed E-state index contributed by atoms with van der Waals surface area (Å²) >= 11 is 0. The van der Waals surface area contributed by atoms with Crippen LogP contribution < -0.4 is 19.5 Å².